The molecule has 0 amide bonds. The highest BCUT2D eigenvalue weighted by molar-refractivity contribution is 7.98. The topological polar surface area (TPSA) is 86.2 Å². The molecule has 9 heteroatoms. The number of hydrogen-bond acceptors (Lipinski definition) is 8. The van der Waals surface area contributed by atoms with Gasteiger partial charge in [0.25, 0.3) is 10.8 Å². The predicted molar refractivity (Wildman–Crippen MR) is 105 cm³/mol. The summed E-state index contributed by atoms with van der Waals surface area (Å²) in [6.45, 7) is 6.08. The number of benzene rings is 1. The Morgan fingerprint density at radius 2 is 2.07 bits per heavy atom. The zero-order valence-corrected chi connectivity index (χ0v) is 16.7. The molecule has 7 nitrogen and oxygen atoms in total. The second kappa shape index (κ2) is 7.24. The van der Waals surface area contributed by atoms with Gasteiger partial charge < -0.3 is 4.42 Å². The lowest BCUT2D eigenvalue weighted by molar-refractivity contribution is 0.465. The highest BCUT2D eigenvalue weighted by Gasteiger charge is 2.14. The van der Waals surface area contributed by atoms with Crippen molar-refractivity contribution in [2.45, 2.75) is 37.7 Å². The Kier molecular flexibility index (Phi) is 4.79. The maximum Gasteiger partial charge on any atom is 0.277 e. The number of aryl methyl sites for hydroxylation is 1. The van der Waals surface area contributed by atoms with Crippen LogP contribution in [0.2, 0.25) is 0 Å². The highest BCUT2D eigenvalue weighted by atomic mass is 32.2. The van der Waals surface area contributed by atoms with Crippen LogP contribution in [0.5, 0.6) is 0 Å². The van der Waals surface area contributed by atoms with Crippen molar-refractivity contribution in [2.24, 2.45) is 0 Å². The Hall–Kier alpha value is -2.52. The Labute approximate surface area is 163 Å². The van der Waals surface area contributed by atoms with Crippen LogP contribution in [0.4, 0.5) is 0 Å². The van der Waals surface area contributed by atoms with Crippen molar-refractivity contribution >= 4 is 28.1 Å². The van der Waals surface area contributed by atoms with E-state index in [1.54, 1.807) is 0 Å². The van der Waals surface area contributed by atoms with Gasteiger partial charge in [0.2, 0.25) is 10.9 Å². The van der Waals surface area contributed by atoms with Gasteiger partial charge in [-0.2, -0.15) is 9.61 Å². The summed E-state index contributed by atoms with van der Waals surface area (Å²) >= 11 is 2.80. The summed E-state index contributed by atoms with van der Waals surface area (Å²) < 4.78 is 7.10. The van der Waals surface area contributed by atoms with Gasteiger partial charge in [0.1, 0.15) is 5.01 Å². The first-order chi connectivity index (χ1) is 13.0. The van der Waals surface area contributed by atoms with E-state index in [9.17, 15) is 4.79 Å². The summed E-state index contributed by atoms with van der Waals surface area (Å²) in [6, 6.07) is 9.35. The van der Waals surface area contributed by atoms with Gasteiger partial charge in [-0.25, -0.2) is 4.98 Å². The maximum atomic E-state index is 12.3. The van der Waals surface area contributed by atoms with Crippen molar-refractivity contribution in [3.63, 3.8) is 0 Å². The van der Waals surface area contributed by atoms with Crippen molar-refractivity contribution in [1.29, 1.82) is 0 Å². The van der Waals surface area contributed by atoms with Crippen LogP contribution in [-0.2, 0) is 5.75 Å². The quantitative estimate of drug-likeness (QED) is 0.470. The van der Waals surface area contributed by atoms with Gasteiger partial charge in [-0.05, 0) is 18.6 Å². The summed E-state index contributed by atoms with van der Waals surface area (Å²) in [5.74, 6) is 1.21. The van der Waals surface area contributed by atoms with Crippen molar-refractivity contribution in [2.75, 3.05) is 0 Å². The molecular formula is C18H17N5O2S2. The van der Waals surface area contributed by atoms with Crippen LogP contribution in [0.3, 0.4) is 0 Å². The number of aromatic nitrogens is 5. The van der Waals surface area contributed by atoms with Gasteiger partial charge >= 0.3 is 0 Å². The Morgan fingerprint density at radius 1 is 1.26 bits per heavy atom. The first-order valence-electron chi connectivity index (χ1n) is 8.43. The molecule has 27 heavy (non-hydrogen) atoms. The smallest absolute Gasteiger partial charge is 0.277 e. The normalized spacial score (nSPS) is 11.6. The Bertz CT molecular complexity index is 1160. The van der Waals surface area contributed by atoms with E-state index >= 15 is 0 Å². The van der Waals surface area contributed by atoms with Gasteiger partial charge in [0.15, 0.2) is 0 Å². The third-order valence-corrected chi connectivity index (χ3v) is 5.99. The van der Waals surface area contributed by atoms with Crippen molar-refractivity contribution in [3.8, 4) is 11.5 Å². The average molecular weight is 400 g/mol. The van der Waals surface area contributed by atoms with Crippen LogP contribution in [0.25, 0.3) is 16.4 Å². The molecule has 138 valence electrons. The fourth-order valence-electron chi connectivity index (χ4n) is 2.50. The van der Waals surface area contributed by atoms with Crippen molar-refractivity contribution in [3.05, 3.63) is 57.0 Å². The van der Waals surface area contributed by atoms with E-state index in [1.807, 2.05) is 45.0 Å². The average Bonchev–Trinajstić information content (AvgIpc) is 3.27. The zero-order chi connectivity index (χ0) is 19.0. The van der Waals surface area contributed by atoms with Gasteiger partial charge in [0.05, 0.1) is 5.69 Å². The SMILES string of the molecule is Cc1ccccc1-c1nnc(SCc2cc(=O)n3nc(C(C)C)sc3n2)o1. The lowest BCUT2D eigenvalue weighted by Gasteiger charge is -1.99. The third kappa shape index (κ3) is 3.65. The molecule has 0 N–H and O–H groups in total. The summed E-state index contributed by atoms with van der Waals surface area (Å²) in [5.41, 5.74) is 2.48. The molecule has 0 spiro atoms. The van der Waals surface area contributed by atoms with Crippen LogP contribution in [0, 0.1) is 6.92 Å². The molecule has 0 saturated carbocycles. The largest absolute Gasteiger partial charge is 0.411 e. The van der Waals surface area contributed by atoms with E-state index in [1.165, 1.54) is 33.7 Å². The van der Waals surface area contributed by atoms with E-state index in [4.69, 9.17) is 4.42 Å². The molecular weight excluding hydrogens is 382 g/mol. The number of nitrogens with zero attached hydrogens (tertiary/aromatic N) is 5. The molecule has 4 rings (SSSR count). The van der Waals surface area contributed by atoms with E-state index in [2.05, 4.69) is 20.3 Å². The first-order valence-corrected chi connectivity index (χ1v) is 10.2. The van der Waals surface area contributed by atoms with Crippen LogP contribution in [0.15, 0.2) is 44.8 Å². The predicted octanol–water partition coefficient (Wildman–Crippen LogP) is 3.93. The van der Waals surface area contributed by atoms with Crippen molar-refractivity contribution in [1.82, 2.24) is 24.8 Å². The van der Waals surface area contributed by atoms with E-state index < -0.39 is 0 Å². The minimum absolute atomic E-state index is 0.176. The fourth-order valence-corrected chi connectivity index (χ4v) is 4.08. The molecule has 4 aromatic rings. The summed E-state index contributed by atoms with van der Waals surface area (Å²) in [4.78, 5) is 17.4. The molecule has 0 aliphatic heterocycles. The molecule has 0 radical (unpaired) electrons. The minimum atomic E-state index is -0.176. The van der Waals surface area contributed by atoms with E-state index in [0.717, 1.165) is 16.1 Å². The summed E-state index contributed by atoms with van der Waals surface area (Å²) in [7, 11) is 0. The standard InChI is InChI=1S/C18H17N5O2S2/c1-10(2)16-22-23-14(24)8-12(19-17(23)27-16)9-26-18-21-20-15(25-18)13-7-5-4-6-11(13)3/h4-8,10H,9H2,1-3H3. The van der Waals surface area contributed by atoms with E-state index in [0.29, 0.717) is 27.5 Å². The number of rotatable bonds is 5. The van der Waals surface area contributed by atoms with Gasteiger partial charge in [-0.3, -0.25) is 4.79 Å². The molecule has 0 aliphatic carbocycles. The van der Waals surface area contributed by atoms with Gasteiger partial charge in [-0.15, -0.1) is 10.2 Å². The Balaban J connectivity index is 1.54. The lowest BCUT2D eigenvalue weighted by atomic mass is 10.1. The minimum Gasteiger partial charge on any atom is -0.411 e. The number of fused-ring (bicyclic) bond motifs is 1. The van der Waals surface area contributed by atoms with Crippen LogP contribution in [0.1, 0.15) is 36.0 Å². The summed E-state index contributed by atoms with van der Waals surface area (Å²) in [6.07, 6.45) is 0. The molecule has 1 aromatic carbocycles. The fraction of sp³-hybridized carbons (Fsp3) is 0.278. The summed E-state index contributed by atoms with van der Waals surface area (Å²) in [5, 5.41) is 13.9. The Morgan fingerprint density at radius 3 is 2.85 bits per heavy atom. The second-order valence-corrected chi connectivity index (χ2v) is 8.27. The maximum absolute atomic E-state index is 12.3. The van der Waals surface area contributed by atoms with Crippen LogP contribution < -0.4 is 5.56 Å². The van der Waals surface area contributed by atoms with E-state index in [-0.39, 0.29) is 11.5 Å². The molecule has 0 aliphatic rings. The lowest BCUT2D eigenvalue weighted by Crippen LogP contribution is -2.15. The molecule has 0 bridgehead atoms. The number of thioether (sulfide) groups is 1. The third-order valence-electron chi connectivity index (χ3n) is 3.93. The molecule has 0 saturated heterocycles. The zero-order valence-electron chi connectivity index (χ0n) is 15.0. The molecule has 3 aromatic heterocycles. The molecule has 3 heterocycles. The highest BCUT2D eigenvalue weighted by Crippen LogP contribution is 2.27. The van der Waals surface area contributed by atoms with Crippen LogP contribution in [-0.4, -0.2) is 24.8 Å². The monoisotopic (exact) mass is 399 g/mol. The van der Waals surface area contributed by atoms with Crippen molar-refractivity contribution < 1.29 is 4.42 Å². The molecule has 0 atom stereocenters. The molecule has 0 fully saturated rings. The van der Waals surface area contributed by atoms with Gasteiger partial charge in [0, 0.05) is 23.3 Å². The van der Waals surface area contributed by atoms with Crippen LogP contribution >= 0.6 is 23.1 Å². The second-order valence-electron chi connectivity index (χ2n) is 6.35. The number of hydrogen-bond donors (Lipinski definition) is 0. The molecule has 0 unspecified atom stereocenters. The first kappa shape index (κ1) is 17.9. The van der Waals surface area contributed by atoms with Gasteiger partial charge in [-0.1, -0.05) is 55.1 Å².